The summed E-state index contributed by atoms with van der Waals surface area (Å²) in [4.78, 5) is 20.3. The lowest BCUT2D eigenvalue weighted by Gasteiger charge is -1.99. The first-order valence-corrected chi connectivity index (χ1v) is 6.35. The highest BCUT2D eigenvalue weighted by molar-refractivity contribution is 7.09. The molecule has 4 nitrogen and oxygen atoms in total. The van der Waals surface area contributed by atoms with Gasteiger partial charge in [0.2, 0.25) is 5.91 Å². The highest BCUT2D eigenvalue weighted by Crippen LogP contribution is 2.13. The van der Waals surface area contributed by atoms with E-state index in [2.05, 4.69) is 22.2 Å². The van der Waals surface area contributed by atoms with Gasteiger partial charge in [0.1, 0.15) is 16.9 Å². The maximum absolute atomic E-state index is 11.5. The molecule has 1 aromatic heterocycles. The second kappa shape index (κ2) is 4.74. The van der Waals surface area contributed by atoms with E-state index in [0.29, 0.717) is 6.42 Å². The summed E-state index contributed by atoms with van der Waals surface area (Å²) in [6.07, 6.45) is 2.45. The summed E-state index contributed by atoms with van der Waals surface area (Å²) < 4.78 is 0. The summed E-state index contributed by atoms with van der Waals surface area (Å²) in [5, 5.41) is 5.84. The zero-order valence-corrected chi connectivity index (χ0v) is 10.3. The van der Waals surface area contributed by atoms with Crippen molar-refractivity contribution in [1.82, 2.24) is 10.3 Å². The molecule has 0 fully saturated rings. The fraction of sp³-hybridized carbons (Fsp3) is 0.545. The number of aliphatic imine (C=N–C) groups is 1. The molecule has 16 heavy (non-hydrogen) atoms. The van der Waals surface area contributed by atoms with Crippen LogP contribution in [0, 0.1) is 6.92 Å². The molecule has 0 saturated heterocycles. The fourth-order valence-electron chi connectivity index (χ4n) is 1.69. The van der Waals surface area contributed by atoms with Crippen LogP contribution in [0.4, 0.5) is 0 Å². The van der Waals surface area contributed by atoms with Crippen LogP contribution >= 0.6 is 11.3 Å². The number of carbonyl (C=O) groups is 1. The topological polar surface area (TPSA) is 54.4 Å². The van der Waals surface area contributed by atoms with Gasteiger partial charge in [0, 0.05) is 11.1 Å². The van der Waals surface area contributed by atoms with Crippen LogP contribution in [0.3, 0.4) is 0 Å². The lowest BCUT2D eigenvalue weighted by Crippen LogP contribution is -2.29. The third kappa shape index (κ3) is 2.47. The first kappa shape index (κ1) is 11.3. The third-order valence-electron chi connectivity index (χ3n) is 2.43. The molecule has 1 aromatic rings. The molecular formula is C11H15N3OS. The Morgan fingerprint density at radius 3 is 3.00 bits per heavy atom. The maximum Gasteiger partial charge on any atom is 0.250 e. The van der Waals surface area contributed by atoms with Crippen LogP contribution in [0.2, 0.25) is 0 Å². The molecule has 1 atom stereocenters. The van der Waals surface area contributed by atoms with Crippen LogP contribution in [0.25, 0.3) is 0 Å². The smallest absolute Gasteiger partial charge is 0.250 e. The summed E-state index contributed by atoms with van der Waals surface area (Å²) in [6, 6.07) is -0.180. The molecule has 0 spiro atoms. The largest absolute Gasteiger partial charge is 0.312 e. The first-order chi connectivity index (χ1) is 7.69. The van der Waals surface area contributed by atoms with Gasteiger partial charge in [0.25, 0.3) is 0 Å². The summed E-state index contributed by atoms with van der Waals surface area (Å²) >= 11 is 1.61. The molecule has 0 radical (unpaired) electrons. The van der Waals surface area contributed by atoms with Crippen LogP contribution in [0.15, 0.2) is 10.4 Å². The van der Waals surface area contributed by atoms with Gasteiger partial charge < -0.3 is 5.32 Å². The van der Waals surface area contributed by atoms with Gasteiger partial charge in [-0.3, -0.25) is 9.79 Å². The monoisotopic (exact) mass is 237 g/mol. The van der Waals surface area contributed by atoms with Crippen LogP contribution in [0.1, 0.15) is 30.5 Å². The van der Waals surface area contributed by atoms with Crippen molar-refractivity contribution in [2.45, 2.75) is 39.2 Å². The highest BCUT2D eigenvalue weighted by atomic mass is 32.1. The summed E-state index contributed by atoms with van der Waals surface area (Å²) in [5.74, 6) is 0.794. The van der Waals surface area contributed by atoms with Gasteiger partial charge in [0.05, 0.1) is 6.42 Å². The van der Waals surface area contributed by atoms with Crippen molar-refractivity contribution in [3.05, 3.63) is 16.1 Å². The molecule has 1 amide bonds. The number of aromatic nitrogens is 1. The number of thiazole rings is 1. The quantitative estimate of drug-likeness (QED) is 0.866. The van der Waals surface area contributed by atoms with Crippen molar-refractivity contribution in [3.63, 3.8) is 0 Å². The van der Waals surface area contributed by atoms with Crippen molar-refractivity contribution >= 4 is 23.1 Å². The molecule has 1 unspecified atom stereocenters. The van der Waals surface area contributed by atoms with Gasteiger partial charge >= 0.3 is 0 Å². The molecule has 1 N–H and O–H groups in total. The number of hydrogen-bond donors (Lipinski definition) is 1. The summed E-state index contributed by atoms with van der Waals surface area (Å²) in [5.41, 5.74) is 1.02. The number of hydrogen-bond acceptors (Lipinski definition) is 4. The van der Waals surface area contributed by atoms with Gasteiger partial charge in [-0.15, -0.1) is 11.3 Å². The van der Waals surface area contributed by atoms with E-state index in [0.717, 1.165) is 29.4 Å². The van der Waals surface area contributed by atoms with E-state index in [-0.39, 0.29) is 11.9 Å². The van der Waals surface area contributed by atoms with Crippen molar-refractivity contribution in [3.8, 4) is 0 Å². The number of nitrogens with zero attached hydrogens (tertiary/aromatic N) is 2. The molecule has 0 saturated carbocycles. The van der Waals surface area contributed by atoms with Crippen molar-refractivity contribution in [2.24, 2.45) is 4.99 Å². The van der Waals surface area contributed by atoms with E-state index < -0.39 is 0 Å². The fourth-order valence-corrected chi connectivity index (χ4v) is 2.47. The van der Waals surface area contributed by atoms with Gasteiger partial charge in [-0.1, -0.05) is 13.3 Å². The normalized spacial score (nSPS) is 19.8. The Kier molecular flexibility index (Phi) is 3.33. The average Bonchev–Trinajstić information content (AvgIpc) is 2.76. The maximum atomic E-state index is 11.5. The molecule has 2 heterocycles. The van der Waals surface area contributed by atoms with Gasteiger partial charge in [-0.05, 0) is 13.3 Å². The van der Waals surface area contributed by atoms with Crippen LogP contribution in [-0.4, -0.2) is 22.8 Å². The Morgan fingerprint density at radius 1 is 1.56 bits per heavy atom. The number of rotatable bonds is 4. The van der Waals surface area contributed by atoms with Crippen molar-refractivity contribution in [2.75, 3.05) is 0 Å². The molecule has 86 valence electrons. The van der Waals surface area contributed by atoms with E-state index in [1.807, 2.05) is 12.3 Å². The zero-order valence-electron chi connectivity index (χ0n) is 9.49. The van der Waals surface area contributed by atoms with Crippen LogP contribution < -0.4 is 5.32 Å². The first-order valence-electron chi connectivity index (χ1n) is 5.47. The van der Waals surface area contributed by atoms with Gasteiger partial charge in [-0.2, -0.15) is 0 Å². The van der Waals surface area contributed by atoms with E-state index in [9.17, 15) is 4.79 Å². The van der Waals surface area contributed by atoms with Gasteiger partial charge in [0.15, 0.2) is 0 Å². The predicted octanol–water partition coefficient (Wildman–Crippen LogP) is 1.69. The Hall–Kier alpha value is -1.23. The van der Waals surface area contributed by atoms with E-state index in [1.54, 1.807) is 11.3 Å². The van der Waals surface area contributed by atoms with E-state index in [4.69, 9.17) is 0 Å². The number of nitrogens with one attached hydrogen (secondary N) is 1. The Balaban J connectivity index is 2.01. The average molecular weight is 237 g/mol. The Morgan fingerprint density at radius 2 is 2.38 bits per heavy atom. The second-order valence-corrected chi connectivity index (χ2v) is 4.87. The SMILES string of the molecule is CCCC1N=C(Cc2nc(C)cs2)NC1=O. The van der Waals surface area contributed by atoms with E-state index in [1.165, 1.54) is 0 Å². The number of aryl methyl sites for hydroxylation is 1. The number of amidine groups is 1. The molecule has 0 aliphatic carbocycles. The summed E-state index contributed by atoms with van der Waals surface area (Å²) in [7, 11) is 0. The van der Waals surface area contributed by atoms with Crippen molar-refractivity contribution in [1.29, 1.82) is 0 Å². The predicted molar refractivity (Wildman–Crippen MR) is 64.8 cm³/mol. The van der Waals surface area contributed by atoms with Crippen LogP contribution in [-0.2, 0) is 11.2 Å². The minimum atomic E-state index is -0.180. The minimum Gasteiger partial charge on any atom is -0.312 e. The number of amides is 1. The molecule has 0 bridgehead atoms. The lowest BCUT2D eigenvalue weighted by molar-refractivity contribution is -0.120. The lowest BCUT2D eigenvalue weighted by atomic mass is 10.2. The van der Waals surface area contributed by atoms with Crippen LogP contribution in [0.5, 0.6) is 0 Å². The molecule has 5 heteroatoms. The minimum absolute atomic E-state index is 0.0325. The number of carbonyl (C=O) groups excluding carboxylic acids is 1. The standard InChI is InChI=1S/C11H15N3OS/c1-3-4-8-11(15)14-9(13-8)5-10-12-7(2)6-16-10/h6,8H,3-5H2,1-2H3,(H,13,14,15). The highest BCUT2D eigenvalue weighted by Gasteiger charge is 2.25. The van der Waals surface area contributed by atoms with E-state index >= 15 is 0 Å². The molecule has 2 rings (SSSR count). The molecule has 1 aliphatic heterocycles. The molecule has 0 aromatic carbocycles. The molecule has 1 aliphatic rings. The van der Waals surface area contributed by atoms with Gasteiger partial charge in [-0.25, -0.2) is 4.98 Å². The second-order valence-electron chi connectivity index (χ2n) is 3.93. The summed E-state index contributed by atoms with van der Waals surface area (Å²) in [6.45, 7) is 4.03. The van der Waals surface area contributed by atoms with Crippen molar-refractivity contribution < 1.29 is 4.79 Å². The Bertz CT molecular complexity index is 425. The Labute approximate surface area is 98.8 Å². The zero-order chi connectivity index (χ0) is 11.5. The molecular weight excluding hydrogens is 222 g/mol. The third-order valence-corrected chi connectivity index (χ3v) is 3.40.